The molecule has 3 aromatic rings. The highest BCUT2D eigenvalue weighted by atomic mass is 16.2. The average Bonchev–Trinajstić information content (AvgIpc) is 3.49. The molecule has 7 heteroatoms. The van der Waals surface area contributed by atoms with Gasteiger partial charge in [0.15, 0.2) is 5.69 Å². The van der Waals surface area contributed by atoms with Crippen LogP contribution < -0.4 is 10.2 Å². The van der Waals surface area contributed by atoms with Gasteiger partial charge in [-0.25, -0.2) is 0 Å². The summed E-state index contributed by atoms with van der Waals surface area (Å²) in [5.74, 6) is -0.0957. The van der Waals surface area contributed by atoms with Gasteiger partial charge in [0.25, 0.3) is 5.91 Å². The first kappa shape index (κ1) is 22.8. The van der Waals surface area contributed by atoms with E-state index in [4.69, 9.17) is 0 Å². The minimum atomic E-state index is -0.0957. The number of rotatable bonds is 5. The summed E-state index contributed by atoms with van der Waals surface area (Å²) in [5.41, 5.74) is 4.91. The van der Waals surface area contributed by atoms with Gasteiger partial charge in [-0.2, -0.15) is 5.10 Å². The van der Waals surface area contributed by atoms with Gasteiger partial charge < -0.3 is 15.1 Å². The van der Waals surface area contributed by atoms with Crippen molar-refractivity contribution in [2.24, 2.45) is 5.41 Å². The SMILES string of the molecule is CC(C)(C)CN1CCC(NC(=O)c2n[nH]c3ccc(-c4cncc(N5CCCC5)c4)cc23)CC1. The molecule has 0 radical (unpaired) electrons. The van der Waals surface area contributed by atoms with Crippen molar-refractivity contribution in [3.8, 4) is 11.1 Å². The van der Waals surface area contributed by atoms with E-state index in [1.165, 1.54) is 12.8 Å². The smallest absolute Gasteiger partial charge is 0.272 e. The van der Waals surface area contributed by atoms with Gasteiger partial charge in [-0.1, -0.05) is 26.8 Å². The molecule has 0 atom stereocenters. The fraction of sp³-hybridized carbons (Fsp3) is 0.519. The lowest BCUT2D eigenvalue weighted by atomic mass is 9.94. The van der Waals surface area contributed by atoms with E-state index >= 15 is 0 Å². The van der Waals surface area contributed by atoms with E-state index in [1.54, 1.807) is 0 Å². The molecular formula is C27H36N6O. The zero-order valence-electron chi connectivity index (χ0n) is 20.6. The first-order valence-electron chi connectivity index (χ1n) is 12.6. The van der Waals surface area contributed by atoms with Crippen LogP contribution in [0.4, 0.5) is 5.69 Å². The van der Waals surface area contributed by atoms with E-state index < -0.39 is 0 Å². The van der Waals surface area contributed by atoms with Crippen LogP contribution in [-0.4, -0.2) is 64.8 Å². The molecule has 2 fully saturated rings. The number of fused-ring (bicyclic) bond motifs is 1. The second kappa shape index (κ2) is 9.37. The zero-order valence-corrected chi connectivity index (χ0v) is 20.6. The minimum absolute atomic E-state index is 0.0957. The van der Waals surface area contributed by atoms with E-state index in [1.807, 2.05) is 18.5 Å². The number of carbonyl (C=O) groups excluding carboxylic acids is 1. The Kier molecular flexibility index (Phi) is 6.30. The first-order chi connectivity index (χ1) is 16.4. The molecule has 2 aliphatic rings. The summed E-state index contributed by atoms with van der Waals surface area (Å²) < 4.78 is 0. The number of aromatic nitrogens is 3. The lowest BCUT2D eigenvalue weighted by Crippen LogP contribution is -2.46. The molecule has 0 saturated carbocycles. The highest BCUT2D eigenvalue weighted by Gasteiger charge is 2.25. The Morgan fingerprint density at radius 2 is 1.82 bits per heavy atom. The number of hydrogen-bond acceptors (Lipinski definition) is 5. The Morgan fingerprint density at radius 1 is 1.06 bits per heavy atom. The van der Waals surface area contributed by atoms with E-state index in [0.29, 0.717) is 11.1 Å². The Labute approximate surface area is 201 Å². The fourth-order valence-electron chi connectivity index (χ4n) is 5.26. The number of carbonyl (C=O) groups is 1. The van der Waals surface area contributed by atoms with Crippen molar-refractivity contribution >= 4 is 22.5 Å². The van der Waals surface area contributed by atoms with E-state index in [2.05, 4.69) is 69.3 Å². The maximum absolute atomic E-state index is 13.1. The van der Waals surface area contributed by atoms with Crippen molar-refractivity contribution in [1.29, 1.82) is 0 Å². The highest BCUT2D eigenvalue weighted by molar-refractivity contribution is 6.05. The van der Waals surface area contributed by atoms with Gasteiger partial charge in [-0.3, -0.25) is 14.9 Å². The van der Waals surface area contributed by atoms with Gasteiger partial charge >= 0.3 is 0 Å². The Hall–Kier alpha value is -2.93. The van der Waals surface area contributed by atoms with Gasteiger partial charge in [-0.05, 0) is 54.9 Å². The summed E-state index contributed by atoms with van der Waals surface area (Å²) in [6.07, 6.45) is 8.26. The molecule has 2 N–H and O–H groups in total. The number of pyridine rings is 1. The molecule has 2 aromatic heterocycles. The van der Waals surface area contributed by atoms with Crippen LogP contribution in [0, 0.1) is 5.41 Å². The van der Waals surface area contributed by atoms with Crippen LogP contribution in [0.5, 0.6) is 0 Å². The predicted octanol–water partition coefficient (Wildman–Crippen LogP) is 4.47. The number of nitrogens with zero attached hydrogens (tertiary/aromatic N) is 4. The number of hydrogen-bond donors (Lipinski definition) is 2. The topological polar surface area (TPSA) is 77.1 Å². The molecule has 0 bridgehead atoms. The van der Waals surface area contributed by atoms with Gasteiger partial charge in [0.1, 0.15) is 0 Å². The summed E-state index contributed by atoms with van der Waals surface area (Å²) in [6, 6.07) is 8.52. The third kappa shape index (κ3) is 5.09. The Bertz CT molecular complexity index is 1150. The largest absolute Gasteiger partial charge is 0.370 e. The summed E-state index contributed by atoms with van der Waals surface area (Å²) in [5, 5.41) is 11.5. The molecule has 7 nitrogen and oxygen atoms in total. The summed E-state index contributed by atoms with van der Waals surface area (Å²) >= 11 is 0. The van der Waals surface area contributed by atoms with Crippen molar-refractivity contribution in [2.75, 3.05) is 37.6 Å². The zero-order chi connectivity index (χ0) is 23.7. The van der Waals surface area contributed by atoms with Crippen molar-refractivity contribution in [3.05, 3.63) is 42.4 Å². The van der Waals surface area contributed by atoms with Gasteiger partial charge in [0.2, 0.25) is 0 Å². The summed E-state index contributed by atoms with van der Waals surface area (Å²) in [4.78, 5) is 22.5. The molecule has 4 heterocycles. The molecule has 1 amide bonds. The summed E-state index contributed by atoms with van der Waals surface area (Å²) in [6.45, 7) is 12.1. The molecule has 0 aliphatic carbocycles. The second-order valence-electron chi connectivity index (χ2n) is 11.0. The lowest BCUT2D eigenvalue weighted by Gasteiger charge is -2.36. The number of aromatic amines is 1. The van der Waals surface area contributed by atoms with Crippen LogP contribution in [0.3, 0.4) is 0 Å². The molecule has 1 aromatic carbocycles. The van der Waals surface area contributed by atoms with E-state index in [0.717, 1.165) is 73.3 Å². The number of H-pyrrole nitrogens is 1. The fourth-order valence-corrected chi connectivity index (χ4v) is 5.26. The van der Waals surface area contributed by atoms with Crippen LogP contribution >= 0.6 is 0 Å². The molecule has 2 saturated heterocycles. The maximum atomic E-state index is 13.1. The van der Waals surface area contributed by atoms with E-state index in [-0.39, 0.29) is 11.9 Å². The number of likely N-dealkylation sites (tertiary alicyclic amines) is 1. The summed E-state index contributed by atoms with van der Waals surface area (Å²) in [7, 11) is 0. The Morgan fingerprint density at radius 3 is 2.56 bits per heavy atom. The molecule has 2 aliphatic heterocycles. The quantitative estimate of drug-likeness (QED) is 0.588. The molecule has 180 valence electrons. The monoisotopic (exact) mass is 460 g/mol. The Balaban J connectivity index is 1.30. The van der Waals surface area contributed by atoms with Crippen molar-refractivity contribution in [2.45, 2.75) is 52.5 Å². The van der Waals surface area contributed by atoms with Crippen LogP contribution in [0.2, 0.25) is 0 Å². The highest BCUT2D eigenvalue weighted by Crippen LogP contribution is 2.29. The molecule has 0 spiro atoms. The van der Waals surface area contributed by atoms with Gasteiger partial charge in [-0.15, -0.1) is 0 Å². The second-order valence-corrected chi connectivity index (χ2v) is 11.0. The first-order valence-corrected chi connectivity index (χ1v) is 12.6. The van der Waals surface area contributed by atoms with Crippen LogP contribution in [-0.2, 0) is 0 Å². The van der Waals surface area contributed by atoms with Crippen molar-refractivity contribution in [1.82, 2.24) is 25.4 Å². The molecule has 34 heavy (non-hydrogen) atoms. The van der Waals surface area contributed by atoms with Crippen molar-refractivity contribution in [3.63, 3.8) is 0 Å². The third-order valence-corrected chi connectivity index (χ3v) is 6.93. The van der Waals surface area contributed by atoms with Gasteiger partial charge in [0.05, 0.1) is 17.4 Å². The number of nitrogens with one attached hydrogen (secondary N) is 2. The normalized spacial score (nSPS) is 18.0. The van der Waals surface area contributed by atoms with Crippen LogP contribution in [0.15, 0.2) is 36.7 Å². The van der Waals surface area contributed by atoms with Crippen molar-refractivity contribution < 1.29 is 4.79 Å². The van der Waals surface area contributed by atoms with Crippen LogP contribution in [0.25, 0.3) is 22.0 Å². The molecule has 0 unspecified atom stereocenters. The number of amides is 1. The minimum Gasteiger partial charge on any atom is -0.370 e. The molecular weight excluding hydrogens is 424 g/mol. The number of benzene rings is 1. The third-order valence-electron chi connectivity index (χ3n) is 6.93. The number of piperidine rings is 1. The average molecular weight is 461 g/mol. The van der Waals surface area contributed by atoms with E-state index in [9.17, 15) is 4.79 Å². The maximum Gasteiger partial charge on any atom is 0.272 e. The molecule has 5 rings (SSSR count). The van der Waals surface area contributed by atoms with Crippen LogP contribution in [0.1, 0.15) is 56.9 Å². The standard InChI is InChI=1S/C27H36N6O/c1-27(2,3)18-32-12-8-21(9-13-32)29-26(34)25-23-15-19(6-7-24(23)30-31-25)20-14-22(17-28-16-20)33-10-4-5-11-33/h6-7,14-17,21H,4-5,8-13,18H2,1-3H3,(H,29,34)(H,30,31). The lowest BCUT2D eigenvalue weighted by molar-refractivity contribution is 0.0892. The van der Waals surface area contributed by atoms with Gasteiger partial charge in [0, 0.05) is 55.9 Å². The predicted molar refractivity (Wildman–Crippen MR) is 137 cm³/mol. The number of anilines is 1.